The molecule has 0 aliphatic carbocycles. The van der Waals surface area contributed by atoms with Crippen molar-refractivity contribution in [3.05, 3.63) is 29.1 Å². The zero-order chi connectivity index (χ0) is 14.8. The Kier molecular flexibility index (Phi) is 7.78. The van der Waals surface area contributed by atoms with Gasteiger partial charge in [-0.3, -0.25) is 9.78 Å². The minimum absolute atomic E-state index is 0. The highest BCUT2D eigenvalue weighted by molar-refractivity contribution is 5.95. The van der Waals surface area contributed by atoms with Crippen LogP contribution < -0.4 is 5.32 Å². The fraction of sp³-hybridized carbons (Fsp3) is 0.647. The number of nitrogens with zero attached hydrogens (tertiary/aromatic N) is 2. The van der Waals surface area contributed by atoms with Gasteiger partial charge in [-0.15, -0.1) is 24.8 Å². The van der Waals surface area contributed by atoms with Gasteiger partial charge in [-0.05, 0) is 64.1 Å². The van der Waals surface area contributed by atoms with Gasteiger partial charge in [0.1, 0.15) is 0 Å². The lowest BCUT2D eigenvalue weighted by atomic mass is 9.88. The van der Waals surface area contributed by atoms with Gasteiger partial charge in [0.05, 0.1) is 11.3 Å². The summed E-state index contributed by atoms with van der Waals surface area (Å²) in [6, 6.07) is 4.53. The average molecular weight is 360 g/mol. The monoisotopic (exact) mass is 359 g/mol. The van der Waals surface area contributed by atoms with Crippen LogP contribution >= 0.6 is 24.8 Å². The Morgan fingerprint density at radius 2 is 1.87 bits per heavy atom. The number of rotatable bonds is 2. The minimum Gasteiger partial charge on any atom is -0.339 e. The van der Waals surface area contributed by atoms with Gasteiger partial charge in [0.2, 0.25) is 0 Å². The SMILES string of the molecule is Cc1ccc(C(=O)N2CCC(C3CCCN3)CC2)c(C)n1.Cl.Cl. The van der Waals surface area contributed by atoms with Crippen LogP contribution in [0.2, 0.25) is 0 Å². The highest BCUT2D eigenvalue weighted by atomic mass is 35.5. The number of aromatic nitrogens is 1. The molecule has 0 radical (unpaired) electrons. The van der Waals surface area contributed by atoms with E-state index in [0.717, 1.165) is 55.3 Å². The van der Waals surface area contributed by atoms with Crippen molar-refractivity contribution in [2.75, 3.05) is 19.6 Å². The number of aryl methyl sites for hydroxylation is 2. The molecule has 6 heteroatoms. The molecule has 1 aromatic rings. The molecule has 2 aliphatic rings. The van der Waals surface area contributed by atoms with Crippen molar-refractivity contribution in [1.82, 2.24) is 15.2 Å². The lowest BCUT2D eigenvalue weighted by molar-refractivity contribution is 0.0673. The third-order valence-corrected chi connectivity index (χ3v) is 4.95. The molecule has 1 unspecified atom stereocenters. The standard InChI is InChI=1S/C17H25N3O.2ClH/c1-12-5-6-15(13(2)19-12)17(21)20-10-7-14(8-11-20)16-4-3-9-18-16;;/h5-6,14,16,18H,3-4,7-11H2,1-2H3;2*1H. The molecule has 130 valence electrons. The fourth-order valence-electron chi connectivity index (χ4n) is 3.70. The lowest BCUT2D eigenvalue weighted by Crippen LogP contribution is -2.43. The molecular formula is C17H27Cl2N3O. The summed E-state index contributed by atoms with van der Waals surface area (Å²) < 4.78 is 0. The van der Waals surface area contributed by atoms with E-state index in [9.17, 15) is 4.79 Å². The summed E-state index contributed by atoms with van der Waals surface area (Å²) in [5, 5.41) is 3.60. The van der Waals surface area contributed by atoms with Crippen LogP contribution in [-0.2, 0) is 0 Å². The van der Waals surface area contributed by atoms with Crippen LogP contribution in [0.4, 0.5) is 0 Å². The molecule has 1 amide bonds. The zero-order valence-corrected chi connectivity index (χ0v) is 15.5. The average Bonchev–Trinajstić information content (AvgIpc) is 3.01. The molecule has 1 N–H and O–H groups in total. The van der Waals surface area contributed by atoms with E-state index >= 15 is 0 Å². The largest absolute Gasteiger partial charge is 0.339 e. The Hall–Kier alpha value is -0.840. The summed E-state index contributed by atoms with van der Waals surface area (Å²) in [6.45, 7) is 6.82. The van der Waals surface area contributed by atoms with Crippen LogP contribution in [0.15, 0.2) is 12.1 Å². The fourth-order valence-corrected chi connectivity index (χ4v) is 3.70. The number of likely N-dealkylation sites (tertiary alicyclic amines) is 1. The van der Waals surface area contributed by atoms with Crippen molar-refractivity contribution in [2.45, 2.75) is 45.6 Å². The van der Waals surface area contributed by atoms with Crippen LogP contribution in [0.3, 0.4) is 0 Å². The molecule has 0 aromatic carbocycles. The summed E-state index contributed by atoms with van der Waals surface area (Å²) in [5.74, 6) is 0.895. The molecule has 2 aliphatic heterocycles. The molecule has 2 saturated heterocycles. The van der Waals surface area contributed by atoms with Crippen molar-refractivity contribution in [3.63, 3.8) is 0 Å². The van der Waals surface area contributed by atoms with Gasteiger partial charge in [-0.1, -0.05) is 0 Å². The van der Waals surface area contributed by atoms with Gasteiger partial charge in [0.25, 0.3) is 5.91 Å². The van der Waals surface area contributed by atoms with Gasteiger partial charge in [-0.2, -0.15) is 0 Å². The number of carbonyl (C=O) groups is 1. The summed E-state index contributed by atoms with van der Waals surface area (Å²) in [7, 11) is 0. The van der Waals surface area contributed by atoms with Crippen LogP contribution in [0.1, 0.15) is 47.4 Å². The van der Waals surface area contributed by atoms with E-state index in [1.807, 2.05) is 30.9 Å². The lowest BCUT2D eigenvalue weighted by Gasteiger charge is -2.35. The minimum atomic E-state index is 0. The number of carbonyl (C=O) groups excluding carboxylic acids is 1. The first kappa shape index (κ1) is 20.2. The highest BCUT2D eigenvalue weighted by Crippen LogP contribution is 2.26. The highest BCUT2D eigenvalue weighted by Gasteiger charge is 2.30. The number of halogens is 2. The first-order valence-corrected chi connectivity index (χ1v) is 8.12. The van der Waals surface area contributed by atoms with Gasteiger partial charge >= 0.3 is 0 Å². The molecule has 3 heterocycles. The van der Waals surface area contributed by atoms with Crippen molar-refractivity contribution in [2.24, 2.45) is 5.92 Å². The number of piperidine rings is 1. The van der Waals surface area contributed by atoms with Gasteiger partial charge in [0.15, 0.2) is 0 Å². The Labute approximate surface area is 151 Å². The predicted molar refractivity (Wildman–Crippen MR) is 97.9 cm³/mol. The maximum absolute atomic E-state index is 12.6. The van der Waals surface area contributed by atoms with Crippen LogP contribution in [-0.4, -0.2) is 41.5 Å². The molecule has 1 aromatic heterocycles. The second-order valence-electron chi connectivity index (χ2n) is 6.42. The van der Waals surface area contributed by atoms with E-state index in [4.69, 9.17) is 0 Å². The second kappa shape index (κ2) is 8.86. The topological polar surface area (TPSA) is 45.2 Å². The van der Waals surface area contributed by atoms with E-state index in [2.05, 4.69) is 10.3 Å². The van der Waals surface area contributed by atoms with Crippen LogP contribution in [0, 0.1) is 19.8 Å². The maximum Gasteiger partial charge on any atom is 0.255 e. The first-order valence-electron chi connectivity index (χ1n) is 8.12. The third-order valence-electron chi connectivity index (χ3n) is 4.95. The van der Waals surface area contributed by atoms with Gasteiger partial charge in [0, 0.05) is 24.8 Å². The van der Waals surface area contributed by atoms with Crippen molar-refractivity contribution in [1.29, 1.82) is 0 Å². The van der Waals surface area contributed by atoms with E-state index in [1.165, 1.54) is 12.8 Å². The molecule has 23 heavy (non-hydrogen) atoms. The van der Waals surface area contributed by atoms with Crippen LogP contribution in [0.5, 0.6) is 0 Å². The molecule has 3 rings (SSSR count). The first-order chi connectivity index (χ1) is 10.1. The third kappa shape index (κ3) is 4.59. The summed E-state index contributed by atoms with van der Waals surface area (Å²) >= 11 is 0. The Morgan fingerprint density at radius 3 is 2.43 bits per heavy atom. The second-order valence-corrected chi connectivity index (χ2v) is 6.42. The number of nitrogens with one attached hydrogen (secondary N) is 1. The van der Waals surface area contributed by atoms with E-state index in [1.54, 1.807) is 0 Å². The van der Waals surface area contributed by atoms with Crippen molar-refractivity contribution in [3.8, 4) is 0 Å². The summed E-state index contributed by atoms with van der Waals surface area (Å²) in [4.78, 5) is 19.0. The van der Waals surface area contributed by atoms with E-state index in [-0.39, 0.29) is 30.7 Å². The molecule has 0 saturated carbocycles. The number of amides is 1. The zero-order valence-electron chi connectivity index (χ0n) is 13.9. The molecule has 0 bridgehead atoms. The van der Waals surface area contributed by atoms with E-state index in [0.29, 0.717) is 6.04 Å². The number of pyridine rings is 1. The molecular weight excluding hydrogens is 333 g/mol. The Morgan fingerprint density at radius 1 is 1.17 bits per heavy atom. The predicted octanol–water partition coefficient (Wildman–Crippen LogP) is 3.15. The summed E-state index contributed by atoms with van der Waals surface area (Å²) in [6.07, 6.45) is 4.86. The smallest absolute Gasteiger partial charge is 0.255 e. The summed E-state index contributed by atoms with van der Waals surface area (Å²) in [5.41, 5.74) is 2.58. The van der Waals surface area contributed by atoms with Crippen molar-refractivity contribution < 1.29 is 4.79 Å². The van der Waals surface area contributed by atoms with Gasteiger partial charge in [-0.25, -0.2) is 0 Å². The molecule has 0 spiro atoms. The molecule has 2 fully saturated rings. The number of hydrogen-bond acceptors (Lipinski definition) is 3. The van der Waals surface area contributed by atoms with Crippen molar-refractivity contribution >= 4 is 30.7 Å². The van der Waals surface area contributed by atoms with Crippen LogP contribution in [0.25, 0.3) is 0 Å². The van der Waals surface area contributed by atoms with Gasteiger partial charge < -0.3 is 10.2 Å². The molecule has 1 atom stereocenters. The quantitative estimate of drug-likeness (QED) is 0.881. The van der Waals surface area contributed by atoms with E-state index < -0.39 is 0 Å². The Bertz CT molecular complexity index is 525. The maximum atomic E-state index is 12.6. The molecule has 4 nitrogen and oxygen atoms in total. The Balaban J connectivity index is 0.00000132. The normalized spacial score (nSPS) is 21.5. The number of hydrogen-bond donors (Lipinski definition) is 1.